The molecule has 0 aromatic carbocycles. The summed E-state index contributed by atoms with van der Waals surface area (Å²) in [5.74, 6) is 0. The van der Waals surface area contributed by atoms with Crippen LogP contribution in [0.3, 0.4) is 0 Å². The molecule has 0 bridgehead atoms. The van der Waals surface area contributed by atoms with E-state index in [1.54, 1.807) is 0 Å². The molecule has 0 aromatic heterocycles. The van der Waals surface area contributed by atoms with Crippen LogP contribution in [0.25, 0.3) is 0 Å². The van der Waals surface area contributed by atoms with Gasteiger partial charge < -0.3 is 9.42 Å². The molecule has 0 aliphatic carbocycles. The summed E-state index contributed by atoms with van der Waals surface area (Å²) in [4.78, 5) is 17.4. The Balaban J connectivity index is 2.91. The molecule has 4 nitrogen and oxygen atoms in total. The van der Waals surface area contributed by atoms with Crippen LogP contribution in [0.15, 0.2) is 0 Å². The second-order valence-corrected chi connectivity index (χ2v) is 2.47. The van der Waals surface area contributed by atoms with Crippen molar-refractivity contribution < 1.29 is 18.8 Å². The first-order valence-electron chi connectivity index (χ1n) is 1.20. The maximum absolute atomic E-state index is 9.64. The molecule has 1 fully saturated rings. The molecular weight excluding hydrogens is 107 g/mol. The zero-order valence-corrected chi connectivity index (χ0v) is 3.51. The van der Waals surface area contributed by atoms with Crippen molar-refractivity contribution in [1.82, 2.24) is 0 Å². The van der Waals surface area contributed by atoms with Crippen molar-refractivity contribution in [2.24, 2.45) is 0 Å². The molecule has 0 amide bonds. The summed E-state index contributed by atoms with van der Waals surface area (Å²) in [6.45, 7) is 0. The average Bonchev–Trinajstić information content (AvgIpc) is 1.73. The number of hydrogen-bond acceptors (Lipinski definition) is 3. The molecular formula is CHO4P. The van der Waals surface area contributed by atoms with Gasteiger partial charge in [-0.2, -0.15) is 0 Å². The topological polar surface area (TPSA) is 66.9 Å². The molecule has 1 unspecified atom stereocenters. The van der Waals surface area contributed by atoms with E-state index >= 15 is 0 Å². The van der Waals surface area contributed by atoms with Gasteiger partial charge in [-0.05, 0) is 0 Å². The molecule has 1 aliphatic rings. The first-order valence-corrected chi connectivity index (χ1v) is 2.77. The summed E-state index contributed by atoms with van der Waals surface area (Å²) in [5.41, 5.74) is -0.984. The number of hydrogen-bond donors (Lipinski definition) is 1. The molecule has 1 rings (SSSR count). The molecule has 0 aromatic rings. The Morgan fingerprint density at radius 3 is 2.00 bits per heavy atom. The minimum Gasteiger partial charge on any atom is -0.374 e. The van der Waals surface area contributed by atoms with Crippen molar-refractivity contribution in [2.75, 3.05) is 0 Å². The molecule has 1 aliphatic heterocycles. The van der Waals surface area contributed by atoms with Crippen molar-refractivity contribution in [1.29, 1.82) is 0 Å². The highest BCUT2D eigenvalue weighted by atomic mass is 31.2. The monoisotopic (exact) mass is 108 g/mol. The third-order valence-electron chi connectivity index (χ3n) is 0.400. The zero-order valence-electron chi connectivity index (χ0n) is 2.62. The maximum atomic E-state index is 9.64. The van der Waals surface area contributed by atoms with Crippen molar-refractivity contribution in [2.45, 2.75) is 0 Å². The largest absolute Gasteiger partial charge is 0.488 e. The second-order valence-electron chi connectivity index (χ2n) is 0.878. The Hall–Kier alpha value is -0.340. The quantitative estimate of drug-likeness (QED) is 0.358. The summed E-state index contributed by atoms with van der Waals surface area (Å²) >= 11 is 0. The van der Waals surface area contributed by atoms with Gasteiger partial charge in [0.1, 0.15) is 0 Å². The van der Waals surface area contributed by atoms with E-state index in [1.165, 1.54) is 0 Å². The maximum Gasteiger partial charge on any atom is 0.488 e. The van der Waals surface area contributed by atoms with E-state index in [0.29, 0.717) is 0 Å². The van der Waals surface area contributed by atoms with E-state index in [1.807, 2.05) is 0 Å². The van der Waals surface area contributed by atoms with Gasteiger partial charge in [-0.1, -0.05) is 0 Å². The van der Waals surface area contributed by atoms with E-state index in [0.717, 1.165) is 0 Å². The fraction of sp³-hybridized carbons (Fsp3) is 0. The van der Waals surface area contributed by atoms with Gasteiger partial charge in [-0.3, -0.25) is 0 Å². The van der Waals surface area contributed by atoms with E-state index in [4.69, 9.17) is 4.89 Å². The molecule has 0 radical (unpaired) electrons. The van der Waals surface area contributed by atoms with Gasteiger partial charge in [0.05, 0.1) is 0 Å². The molecule has 1 atom stereocenters. The van der Waals surface area contributed by atoms with Gasteiger partial charge in [0.25, 0.3) is 0 Å². The van der Waals surface area contributed by atoms with Crippen molar-refractivity contribution >= 4 is 13.3 Å². The fourth-order valence-corrected chi connectivity index (χ4v) is 0.466. The van der Waals surface area contributed by atoms with Crippen LogP contribution in [-0.2, 0) is 9.09 Å². The zero-order chi connectivity index (χ0) is 4.78. The lowest BCUT2D eigenvalue weighted by Gasteiger charge is -1.56. The Labute approximate surface area is 33.3 Å². The van der Waals surface area contributed by atoms with Crippen molar-refractivity contribution in [3.63, 3.8) is 0 Å². The van der Waals surface area contributed by atoms with Crippen LogP contribution in [0.5, 0.6) is 0 Å². The SMILES string of the molecule is O=C1OP1(=O)O. The highest BCUT2D eigenvalue weighted by Gasteiger charge is 2.53. The minimum absolute atomic E-state index is 0.984. The molecule has 5 heteroatoms. The minimum atomic E-state index is -3.62. The average molecular weight is 108 g/mol. The van der Waals surface area contributed by atoms with Crippen molar-refractivity contribution in [3.05, 3.63) is 0 Å². The third kappa shape index (κ3) is 0.345. The number of carbonyl (C=O) groups is 1. The molecule has 6 heavy (non-hydrogen) atoms. The Morgan fingerprint density at radius 1 is 1.83 bits per heavy atom. The van der Waals surface area contributed by atoms with E-state index in [2.05, 4.69) is 4.52 Å². The first kappa shape index (κ1) is 3.84. The van der Waals surface area contributed by atoms with Crippen LogP contribution in [0, 0.1) is 0 Å². The molecule has 34 valence electrons. The highest BCUT2D eigenvalue weighted by Crippen LogP contribution is 2.60. The van der Waals surface area contributed by atoms with Crippen LogP contribution in [-0.4, -0.2) is 10.6 Å². The fourth-order valence-electron chi connectivity index (χ4n) is 0.0854. The highest BCUT2D eigenvalue weighted by molar-refractivity contribution is 7.80. The Kier molecular flexibility index (Phi) is 0.428. The summed E-state index contributed by atoms with van der Waals surface area (Å²) in [5, 5.41) is 0. The van der Waals surface area contributed by atoms with Crippen LogP contribution in [0.1, 0.15) is 0 Å². The lowest BCUT2D eigenvalue weighted by Crippen LogP contribution is -1.46. The number of carbonyl (C=O) groups excluding carboxylic acids is 1. The van der Waals surface area contributed by atoms with Gasteiger partial charge >= 0.3 is 13.3 Å². The second kappa shape index (κ2) is 0.669. The smallest absolute Gasteiger partial charge is 0.374 e. The lowest BCUT2D eigenvalue weighted by atomic mass is 11.6. The van der Waals surface area contributed by atoms with Gasteiger partial charge in [0.2, 0.25) is 0 Å². The van der Waals surface area contributed by atoms with Gasteiger partial charge in [0, 0.05) is 0 Å². The molecule has 1 saturated heterocycles. The van der Waals surface area contributed by atoms with Gasteiger partial charge in [-0.25, -0.2) is 9.36 Å². The van der Waals surface area contributed by atoms with E-state index < -0.39 is 13.3 Å². The van der Waals surface area contributed by atoms with E-state index in [-0.39, 0.29) is 0 Å². The van der Waals surface area contributed by atoms with E-state index in [9.17, 15) is 9.36 Å². The van der Waals surface area contributed by atoms with Crippen LogP contribution >= 0.6 is 7.60 Å². The van der Waals surface area contributed by atoms with Gasteiger partial charge in [-0.15, -0.1) is 0 Å². The molecule has 1 heterocycles. The normalized spacial score (nSPS) is 41.8. The van der Waals surface area contributed by atoms with Crippen molar-refractivity contribution in [3.8, 4) is 0 Å². The summed E-state index contributed by atoms with van der Waals surface area (Å²) in [6.07, 6.45) is 0. The van der Waals surface area contributed by atoms with Crippen LogP contribution in [0.4, 0.5) is 4.79 Å². The third-order valence-corrected chi connectivity index (χ3v) is 1.20. The lowest BCUT2D eigenvalue weighted by molar-refractivity contribution is 0.249. The Bertz CT molecular complexity index is 136. The first-order chi connectivity index (χ1) is 2.63. The number of rotatable bonds is 0. The summed E-state index contributed by atoms with van der Waals surface area (Å²) in [7, 11) is -3.62. The predicted molar refractivity (Wildman–Crippen MR) is 16.3 cm³/mol. The Morgan fingerprint density at radius 2 is 2.00 bits per heavy atom. The summed E-state index contributed by atoms with van der Waals surface area (Å²) < 4.78 is 13.2. The van der Waals surface area contributed by atoms with Crippen LogP contribution < -0.4 is 0 Å². The van der Waals surface area contributed by atoms with Crippen LogP contribution in [0.2, 0.25) is 0 Å². The standard InChI is InChI=1S/CHO4P/c2-1-5-6(1,3)4/h(H,3,4). The summed E-state index contributed by atoms with van der Waals surface area (Å²) in [6, 6.07) is 0. The van der Waals surface area contributed by atoms with Gasteiger partial charge in [0.15, 0.2) is 0 Å². The predicted octanol–water partition coefficient (Wildman–Crippen LogP) is 0.322. The molecule has 0 saturated carbocycles. The molecule has 0 spiro atoms. The molecule has 1 N–H and O–H groups in total.